The van der Waals surface area contributed by atoms with Crippen molar-refractivity contribution in [2.45, 2.75) is 45.5 Å². The molecule has 0 saturated carbocycles. The minimum Gasteiger partial charge on any atom is -0.491 e. The number of hydrogen-bond donors (Lipinski definition) is 0. The summed E-state index contributed by atoms with van der Waals surface area (Å²) in [5.74, 6) is 0.256. The van der Waals surface area contributed by atoms with Gasteiger partial charge in [0.1, 0.15) is 17.4 Å². The summed E-state index contributed by atoms with van der Waals surface area (Å²) in [4.78, 5) is 19.6. The first-order valence-corrected chi connectivity index (χ1v) is 11.8. The van der Waals surface area contributed by atoms with Gasteiger partial charge in [-0.2, -0.15) is 18.4 Å². The Labute approximate surface area is 217 Å². The van der Waals surface area contributed by atoms with Crippen molar-refractivity contribution in [2.24, 2.45) is 0 Å². The number of nitriles is 1. The van der Waals surface area contributed by atoms with E-state index < -0.39 is 28.9 Å². The first kappa shape index (κ1) is 26.1. The Morgan fingerprint density at radius 1 is 1.03 bits per heavy atom. The molecular formula is C27H23F3N4O2S. The minimum absolute atomic E-state index is 0.0116. The SMILES string of the molecule is CC(C)Oc1ccc(-c2ccc(N3C(=S)N(c4cnc(C#N)c(C(F)(F)F)c4)C(=O)C3(C)C)cc2)cc1. The molecule has 1 amide bonds. The van der Waals surface area contributed by atoms with Gasteiger partial charge in [-0.3, -0.25) is 9.69 Å². The molecule has 190 valence electrons. The molecule has 1 aromatic heterocycles. The van der Waals surface area contributed by atoms with Gasteiger partial charge in [-0.05, 0) is 81.4 Å². The second-order valence-corrected chi connectivity index (χ2v) is 9.62. The molecule has 1 aliphatic rings. The summed E-state index contributed by atoms with van der Waals surface area (Å²) in [6, 6.07) is 17.2. The average molecular weight is 525 g/mol. The highest BCUT2D eigenvalue weighted by Gasteiger charge is 2.50. The lowest BCUT2D eigenvalue weighted by Crippen LogP contribution is -2.44. The van der Waals surface area contributed by atoms with Gasteiger partial charge in [0.2, 0.25) is 0 Å². The van der Waals surface area contributed by atoms with Gasteiger partial charge in [-0.1, -0.05) is 24.3 Å². The zero-order valence-corrected chi connectivity index (χ0v) is 21.3. The highest BCUT2D eigenvalue weighted by Crippen LogP contribution is 2.39. The van der Waals surface area contributed by atoms with Gasteiger partial charge in [0.25, 0.3) is 5.91 Å². The number of carbonyl (C=O) groups excluding carboxylic acids is 1. The Morgan fingerprint density at radius 3 is 2.11 bits per heavy atom. The monoisotopic (exact) mass is 524 g/mol. The fourth-order valence-electron chi connectivity index (χ4n) is 4.14. The zero-order valence-electron chi connectivity index (χ0n) is 20.5. The molecule has 0 spiro atoms. The van der Waals surface area contributed by atoms with Crippen LogP contribution in [0.3, 0.4) is 0 Å². The Hall–Kier alpha value is -3.97. The minimum atomic E-state index is -4.82. The maximum absolute atomic E-state index is 13.5. The van der Waals surface area contributed by atoms with Crippen LogP contribution in [0.25, 0.3) is 11.1 Å². The molecule has 0 radical (unpaired) electrons. The molecule has 10 heteroatoms. The standard InChI is InChI=1S/C27H23F3N4O2S/c1-16(2)36-21-11-7-18(8-12-21)17-5-9-19(10-6-17)34-25(37)33(24(35)26(34,3)4)20-13-22(27(28,29)30)23(14-31)32-15-20/h5-13,15-16H,1-4H3. The third-order valence-electron chi connectivity index (χ3n) is 5.90. The molecule has 1 fully saturated rings. The Morgan fingerprint density at radius 2 is 1.59 bits per heavy atom. The van der Waals surface area contributed by atoms with Crippen molar-refractivity contribution < 1.29 is 22.7 Å². The number of anilines is 2. The van der Waals surface area contributed by atoms with Crippen LogP contribution < -0.4 is 14.5 Å². The fraction of sp³-hybridized carbons (Fsp3) is 0.259. The first-order chi connectivity index (χ1) is 17.3. The van der Waals surface area contributed by atoms with Gasteiger partial charge in [-0.25, -0.2) is 4.98 Å². The van der Waals surface area contributed by atoms with Crippen molar-refractivity contribution >= 4 is 34.6 Å². The van der Waals surface area contributed by atoms with E-state index in [2.05, 4.69) is 4.98 Å². The van der Waals surface area contributed by atoms with Crippen molar-refractivity contribution in [3.05, 3.63) is 72.1 Å². The van der Waals surface area contributed by atoms with Gasteiger partial charge < -0.3 is 9.64 Å². The van der Waals surface area contributed by atoms with Gasteiger partial charge >= 0.3 is 6.18 Å². The van der Waals surface area contributed by atoms with Crippen molar-refractivity contribution in [1.82, 2.24) is 4.98 Å². The Balaban J connectivity index is 1.65. The number of alkyl halides is 3. The average Bonchev–Trinajstić information content (AvgIpc) is 3.02. The summed E-state index contributed by atoms with van der Waals surface area (Å²) >= 11 is 5.57. The molecule has 6 nitrogen and oxygen atoms in total. The van der Waals surface area contributed by atoms with E-state index in [-0.39, 0.29) is 16.9 Å². The molecule has 0 aliphatic carbocycles. The van der Waals surface area contributed by atoms with E-state index in [9.17, 15) is 18.0 Å². The maximum atomic E-state index is 13.5. The molecule has 2 aromatic carbocycles. The number of hydrogen-bond acceptors (Lipinski definition) is 5. The van der Waals surface area contributed by atoms with Gasteiger partial charge in [0, 0.05) is 5.69 Å². The summed E-state index contributed by atoms with van der Waals surface area (Å²) in [6.07, 6.45) is -3.70. The molecule has 0 unspecified atom stereocenters. The van der Waals surface area contributed by atoms with Crippen LogP contribution in [0.4, 0.5) is 24.5 Å². The summed E-state index contributed by atoms with van der Waals surface area (Å²) in [6.45, 7) is 7.20. The molecule has 1 saturated heterocycles. The van der Waals surface area contributed by atoms with Crippen LogP contribution in [0.15, 0.2) is 60.8 Å². The van der Waals surface area contributed by atoms with Crippen LogP contribution in [0.2, 0.25) is 0 Å². The molecule has 2 heterocycles. The summed E-state index contributed by atoms with van der Waals surface area (Å²) in [5, 5.41) is 9.05. The predicted octanol–water partition coefficient (Wildman–Crippen LogP) is 6.34. The van der Waals surface area contributed by atoms with E-state index in [4.69, 9.17) is 22.2 Å². The summed E-state index contributed by atoms with van der Waals surface area (Å²) < 4.78 is 46.2. The van der Waals surface area contributed by atoms with Gasteiger partial charge in [-0.15, -0.1) is 0 Å². The molecule has 0 N–H and O–H groups in total. The second-order valence-electron chi connectivity index (χ2n) is 9.25. The van der Waals surface area contributed by atoms with E-state index in [1.54, 1.807) is 30.9 Å². The predicted molar refractivity (Wildman–Crippen MR) is 138 cm³/mol. The highest BCUT2D eigenvalue weighted by atomic mass is 32.1. The Bertz CT molecular complexity index is 1400. The van der Waals surface area contributed by atoms with Gasteiger partial charge in [0.05, 0.1) is 23.6 Å². The largest absolute Gasteiger partial charge is 0.491 e. The molecule has 37 heavy (non-hydrogen) atoms. The van der Waals surface area contributed by atoms with Crippen molar-refractivity contribution in [1.29, 1.82) is 5.26 Å². The molecule has 4 rings (SSSR count). The van der Waals surface area contributed by atoms with Crippen LogP contribution >= 0.6 is 12.2 Å². The second kappa shape index (κ2) is 9.48. The number of aromatic nitrogens is 1. The lowest BCUT2D eigenvalue weighted by Gasteiger charge is -2.29. The lowest BCUT2D eigenvalue weighted by molar-refractivity contribution is -0.138. The van der Waals surface area contributed by atoms with Crippen LogP contribution in [0.5, 0.6) is 5.75 Å². The number of halogens is 3. The number of thiocarbonyl (C=S) groups is 1. The molecular weight excluding hydrogens is 501 g/mol. The van der Waals surface area contributed by atoms with Gasteiger partial charge in [0.15, 0.2) is 10.8 Å². The van der Waals surface area contributed by atoms with Crippen LogP contribution in [0.1, 0.15) is 39.0 Å². The van der Waals surface area contributed by atoms with Crippen molar-refractivity contribution in [2.75, 3.05) is 9.80 Å². The molecule has 3 aromatic rings. The fourth-order valence-corrected chi connectivity index (χ4v) is 4.66. The lowest BCUT2D eigenvalue weighted by atomic mass is 10.0. The third-order valence-corrected chi connectivity index (χ3v) is 6.26. The summed E-state index contributed by atoms with van der Waals surface area (Å²) in [5.41, 5.74) is -0.841. The number of rotatable bonds is 5. The van der Waals surface area contributed by atoms with E-state index in [1.165, 1.54) is 6.07 Å². The topological polar surface area (TPSA) is 69.5 Å². The number of carbonyl (C=O) groups is 1. The van der Waals surface area contributed by atoms with Crippen LogP contribution in [0, 0.1) is 11.3 Å². The normalized spacial score (nSPS) is 15.3. The summed E-state index contributed by atoms with van der Waals surface area (Å²) in [7, 11) is 0. The molecule has 0 atom stereocenters. The third kappa shape index (κ3) is 4.87. The molecule has 1 aliphatic heterocycles. The first-order valence-electron chi connectivity index (χ1n) is 11.4. The Kier molecular flexibility index (Phi) is 6.69. The van der Waals surface area contributed by atoms with E-state index >= 15 is 0 Å². The maximum Gasteiger partial charge on any atom is 0.419 e. The quantitative estimate of drug-likeness (QED) is 0.363. The number of nitrogens with zero attached hydrogens (tertiary/aromatic N) is 4. The van der Waals surface area contributed by atoms with Crippen LogP contribution in [-0.2, 0) is 11.0 Å². The smallest absolute Gasteiger partial charge is 0.419 e. The number of pyridine rings is 1. The highest BCUT2D eigenvalue weighted by molar-refractivity contribution is 7.81. The van der Waals surface area contributed by atoms with Crippen molar-refractivity contribution in [3.63, 3.8) is 0 Å². The number of ether oxygens (including phenoxy) is 1. The van der Waals surface area contributed by atoms with E-state index in [0.29, 0.717) is 5.69 Å². The zero-order chi connectivity index (χ0) is 27.1. The van der Waals surface area contributed by atoms with Crippen LogP contribution in [-0.4, -0.2) is 27.6 Å². The van der Waals surface area contributed by atoms with E-state index in [1.807, 2.05) is 50.2 Å². The number of benzene rings is 2. The number of amides is 1. The van der Waals surface area contributed by atoms with E-state index in [0.717, 1.165) is 34.0 Å². The van der Waals surface area contributed by atoms with Crippen molar-refractivity contribution in [3.8, 4) is 22.9 Å². The molecule has 0 bridgehead atoms.